The molecule has 0 atom stereocenters. The molecule has 30 heavy (non-hydrogen) atoms. The van der Waals surface area contributed by atoms with E-state index in [4.69, 9.17) is 0 Å². The second-order valence-corrected chi connectivity index (χ2v) is 7.63. The van der Waals surface area contributed by atoms with Gasteiger partial charge in [0.25, 0.3) is 5.91 Å². The Morgan fingerprint density at radius 2 is 1.77 bits per heavy atom. The van der Waals surface area contributed by atoms with E-state index in [1.165, 1.54) is 18.4 Å². The molecule has 0 heterocycles. The first kappa shape index (κ1) is 24.2. The Balaban J connectivity index is 0.00000320. The molecule has 2 aromatic rings. The summed E-state index contributed by atoms with van der Waals surface area (Å²) in [5, 5.41) is 9.65. The number of carbonyl (C=O) groups excluding carboxylic acids is 1. The normalized spacial score (nSPS) is 18.8. The van der Waals surface area contributed by atoms with Crippen LogP contribution in [0.2, 0.25) is 0 Å². The number of hydrogen-bond donors (Lipinski definition) is 3. The molecule has 6 heteroatoms. The quantitative estimate of drug-likeness (QED) is 0.306. The van der Waals surface area contributed by atoms with Crippen molar-refractivity contribution in [2.75, 3.05) is 20.6 Å². The van der Waals surface area contributed by atoms with E-state index in [1.807, 2.05) is 25.2 Å². The first-order valence-corrected chi connectivity index (χ1v) is 10.5. The number of halogens is 1. The first-order chi connectivity index (χ1) is 14.2. The van der Waals surface area contributed by atoms with Crippen molar-refractivity contribution in [3.63, 3.8) is 0 Å². The van der Waals surface area contributed by atoms with Crippen LogP contribution in [0, 0.1) is 0 Å². The molecule has 3 rings (SSSR count). The van der Waals surface area contributed by atoms with Crippen LogP contribution in [0.25, 0.3) is 0 Å². The molecule has 3 N–H and O–H groups in total. The van der Waals surface area contributed by atoms with Crippen LogP contribution in [0.5, 0.6) is 0 Å². The molecule has 1 amide bonds. The summed E-state index contributed by atoms with van der Waals surface area (Å²) >= 11 is 0. The molecule has 0 bridgehead atoms. The monoisotopic (exact) mass is 520 g/mol. The molecule has 1 fully saturated rings. The van der Waals surface area contributed by atoms with E-state index in [9.17, 15) is 4.79 Å². The summed E-state index contributed by atoms with van der Waals surface area (Å²) in [6, 6.07) is 19.1. The van der Waals surface area contributed by atoms with Crippen LogP contribution in [0.15, 0.2) is 59.6 Å². The van der Waals surface area contributed by atoms with Crippen molar-refractivity contribution in [2.45, 2.75) is 44.1 Å². The summed E-state index contributed by atoms with van der Waals surface area (Å²) in [5.74, 6) is 1.48. The molecule has 0 unspecified atom stereocenters. The fraction of sp³-hybridized carbons (Fsp3) is 0.417. The van der Waals surface area contributed by atoms with Gasteiger partial charge in [0.2, 0.25) is 0 Å². The number of carbonyl (C=O) groups is 1. The minimum Gasteiger partial charge on any atom is -0.356 e. The molecule has 1 aliphatic rings. The van der Waals surface area contributed by atoms with Gasteiger partial charge >= 0.3 is 0 Å². The summed E-state index contributed by atoms with van der Waals surface area (Å²) in [4.78, 5) is 16.2. The topological polar surface area (TPSA) is 65.5 Å². The minimum atomic E-state index is -0.0524. The van der Waals surface area contributed by atoms with Crippen LogP contribution in [-0.2, 0) is 6.42 Å². The van der Waals surface area contributed by atoms with E-state index in [0.29, 0.717) is 17.5 Å². The van der Waals surface area contributed by atoms with E-state index in [2.05, 4.69) is 57.3 Å². The van der Waals surface area contributed by atoms with Crippen molar-refractivity contribution in [2.24, 2.45) is 4.99 Å². The van der Waals surface area contributed by atoms with Gasteiger partial charge in [0.1, 0.15) is 0 Å². The van der Waals surface area contributed by atoms with Crippen LogP contribution in [0.1, 0.15) is 53.1 Å². The first-order valence-electron chi connectivity index (χ1n) is 10.5. The third-order valence-electron chi connectivity index (χ3n) is 5.68. The lowest BCUT2D eigenvalue weighted by atomic mass is 9.82. The average Bonchev–Trinajstić information content (AvgIpc) is 2.79. The molecular formula is C24H33IN4O. The molecule has 0 radical (unpaired) electrons. The summed E-state index contributed by atoms with van der Waals surface area (Å²) < 4.78 is 0. The van der Waals surface area contributed by atoms with Crippen molar-refractivity contribution < 1.29 is 4.79 Å². The lowest BCUT2D eigenvalue weighted by Crippen LogP contribution is -2.45. The Morgan fingerprint density at radius 1 is 1.03 bits per heavy atom. The second kappa shape index (κ2) is 12.6. The van der Waals surface area contributed by atoms with Crippen LogP contribution in [-0.4, -0.2) is 38.5 Å². The van der Waals surface area contributed by atoms with Gasteiger partial charge in [0, 0.05) is 32.2 Å². The Morgan fingerprint density at radius 3 is 2.43 bits per heavy atom. The Bertz CT molecular complexity index is 817. The van der Waals surface area contributed by atoms with Gasteiger partial charge in [-0.2, -0.15) is 0 Å². The number of guanidine groups is 1. The number of hydrogen-bond acceptors (Lipinski definition) is 2. The van der Waals surface area contributed by atoms with Crippen molar-refractivity contribution in [1.29, 1.82) is 0 Å². The van der Waals surface area contributed by atoms with E-state index in [0.717, 1.165) is 37.3 Å². The van der Waals surface area contributed by atoms with Gasteiger partial charge in [0.05, 0.1) is 0 Å². The average molecular weight is 520 g/mol. The number of nitrogens with zero attached hydrogens (tertiary/aromatic N) is 1. The van der Waals surface area contributed by atoms with Crippen molar-refractivity contribution in [1.82, 2.24) is 16.0 Å². The molecule has 0 spiro atoms. The number of amides is 1. The molecule has 0 aliphatic heterocycles. The van der Waals surface area contributed by atoms with Crippen molar-refractivity contribution in [3.05, 3.63) is 71.3 Å². The minimum absolute atomic E-state index is 0. The highest BCUT2D eigenvalue weighted by Gasteiger charge is 2.22. The van der Waals surface area contributed by atoms with Crippen LogP contribution in [0.3, 0.4) is 0 Å². The standard InChI is InChI=1S/C24H32N4O.HI/c1-25-23(29)21-10-6-7-18(17-21)15-16-27-24(26-2)28-22-13-11-20(12-14-22)19-8-4-3-5-9-19;/h3-10,17,20,22H,11-16H2,1-2H3,(H,25,29)(H2,26,27,28);1H. The highest BCUT2D eigenvalue weighted by Crippen LogP contribution is 2.32. The molecular weight excluding hydrogens is 487 g/mol. The Labute approximate surface area is 197 Å². The van der Waals surface area contributed by atoms with E-state index < -0.39 is 0 Å². The molecule has 1 aliphatic carbocycles. The molecule has 0 aromatic heterocycles. The number of rotatable bonds is 6. The van der Waals surface area contributed by atoms with Crippen LogP contribution >= 0.6 is 24.0 Å². The predicted molar refractivity (Wildman–Crippen MR) is 135 cm³/mol. The maximum atomic E-state index is 11.8. The second-order valence-electron chi connectivity index (χ2n) is 7.63. The fourth-order valence-corrected chi connectivity index (χ4v) is 4.02. The van der Waals surface area contributed by atoms with Crippen molar-refractivity contribution >= 4 is 35.8 Å². The van der Waals surface area contributed by atoms with Crippen LogP contribution < -0.4 is 16.0 Å². The third-order valence-corrected chi connectivity index (χ3v) is 5.68. The van der Waals surface area contributed by atoms with Gasteiger partial charge in [0.15, 0.2) is 5.96 Å². The number of aliphatic imine (C=N–C) groups is 1. The fourth-order valence-electron chi connectivity index (χ4n) is 4.02. The van der Waals surface area contributed by atoms with Gasteiger partial charge < -0.3 is 16.0 Å². The van der Waals surface area contributed by atoms with E-state index in [1.54, 1.807) is 7.05 Å². The maximum absolute atomic E-state index is 11.8. The van der Waals surface area contributed by atoms with Gasteiger partial charge in [-0.05, 0) is 61.3 Å². The van der Waals surface area contributed by atoms with Crippen molar-refractivity contribution in [3.8, 4) is 0 Å². The number of benzene rings is 2. The Hall–Kier alpha value is -2.09. The predicted octanol–water partition coefficient (Wildman–Crippen LogP) is 4.10. The molecule has 2 aromatic carbocycles. The lowest BCUT2D eigenvalue weighted by Gasteiger charge is -2.30. The van der Waals surface area contributed by atoms with Gasteiger partial charge in [-0.1, -0.05) is 42.5 Å². The molecule has 1 saturated carbocycles. The molecule has 5 nitrogen and oxygen atoms in total. The SMILES string of the molecule is CN=C(NCCc1cccc(C(=O)NC)c1)NC1CCC(c2ccccc2)CC1.I. The van der Waals surface area contributed by atoms with Gasteiger partial charge in [-0.3, -0.25) is 9.79 Å². The largest absolute Gasteiger partial charge is 0.356 e. The van der Waals surface area contributed by atoms with Gasteiger partial charge in [-0.25, -0.2) is 0 Å². The van der Waals surface area contributed by atoms with E-state index in [-0.39, 0.29) is 29.9 Å². The highest BCUT2D eigenvalue weighted by atomic mass is 127. The maximum Gasteiger partial charge on any atom is 0.251 e. The highest BCUT2D eigenvalue weighted by molar-refractivity contribution is 14.0. The molecule has 162 valence electrons. The third kappa shape index (κ3) is 7.00. The van der Waals surface area contributed by atoms with E-state index >= 15 is 0 Å². The zero-order chi connectivity index (χ0) is 20.5. The summed E-state index contributed by atoms with van der Waals surface area (Å²) in [5.41, 5.74) is 3.30. The Kier molecular flexibility index (Phi) is 10.1. The smallest absolute Gasteiger partial charge is 0.251 e. The zero-order valence-corrected chi connectivity index (χ0v) is 20.2. The molecule has 0 saturated heterocycles. The van der Waals surface area contributed by atoms with Crippen LogP contribution in [0.4, 0.5) is 0 Å². The zero-order valence-electron chi connectivity index (χ0n) is 17.9. The van der Waals surface area contributed by atoms with Gasteiger partial charge in [-0.15, -0.1) is 24.0 Å². The summed E-state index contributed by atoms with van der Waals surface area (Å²) in [7, 11) is 3.47. The summed E-state index contributed by atoms with van der Waals surface area (Å²) in [6.45, 7) is 0.774. The summed E-state index contributed by atoms with van der Waals surface area (Å²) in [6.07, 6.45) is 5.59. The lowest BCUT2D eigenvalue weighted by molar-refractivity contribution is 0.0963. The number of nitrogens with one attached hydrogen (secondary N) is 3.